The van der Waals surface area contributed by atoms with Crippen LogP contribution in [0.1, 0.15) is 33.4 Å². The maximum atomic E-state index is 13.7. The van der Waals surface area contributed by atoms with Gasteiger partial charge in [-0.15, -0.1) is 26.3 Å². The highest BCUT2D eigenvalue weighted by Gasteiger charge is 2.45. The Morgan fingerprint density at radius 1 is 0.345 bits per heavy atom. The second-order valence-electron chi connectivity index (χ2n) is 13.2. The fourth-order valence-electron chi connectivity index (χ4n) is 6.48. The molecule has 3 heterocycles. The lowest BCUT2D eigenvalue weighted by atomic mass is 10.1. The van der Waals surface area contributed by atoms with Crippen molar-refractivity contribution in [3.05, 3.63) is 161 Å². The molecule has 9 rings (SSSR count). The number of alkyl halides is 6. The lowest BCUT2D eigenvalue weighted by molar-refractivity contribution is -0.287. The molecule has 0 atom stereocenters. The van der Waals surface area contributed by atoms with Crippen LogP contribution in [0.25, 0.3) is 36.5 Å². The van der Waals surface area contributed by atoms with Gasteiger partial charge in [-0.1, -0.05) is 97.1 Å². The molecule has 3 aliphatic heterocycles. The number of benzene rings is 6. The van der Waals surface area contributed by atoms with Crippen molar-refractivity contribution in [2.45, 2.75) is 18.9 Å². The summed E-state index contributed by atoms with van der Waals surface area (Å²) in [6.07, 6.45) is -0.430. The number of fused-ring (bicyclic) bond motifs is 3. The number of hydrogen-bond donors (Lipinski definition) is 0. The van der Waals surface area contributed by atoms with Crippen LogP contribution in [-0.2, 0) is 0 Å². The molecule has 0 N–H and O–H groups in total. The minimum atomic E-state index is -3.73. The molecule has 6 aromatic carbocycles. The maximum absolute atomic E-state index is 13.7. The molecule has 0 fully saturated rings. The van der Waals surface area contributed by atoms with Crippen LogP contribution in [0.5, 0.6) is 34.5 Å². The molecular weight excluding hydrogens is 764 g/mol. The van der Waals surface area contributed by atoms with Crippen molar-refractivity contribution < 1.29 is 54.8 Å². The normalized spacial score (nSPS) is 16.4. The molecule has 0 spiro atoms. The molecule has 6 aromatic rings. The Balaban J connectivity index is 0.971. The summed E-state index contributed by atoms with van der Waals surface area (Å²) in [7, 11) is 0. The number of hydrogen-bond acceptors (Lipinski definition) is 7. The first-order valence-corrected chi connectivity index (χ1v) is 17.7. The number of para-hydroxylation sites is 1. The Hall–Kier alpha value is -7.28. The van der Waals surface area contributed by atoms with Crippen molar-refractivity contribution in [3.8, 4) is 34.5 Å². The van der Waals surface area contributed by atoms with Crippen LogP contribution >= 0.6 is 0 Å². The van der Waals surface area contributed by atoms with Gasteiger partial charge in [0.05, 0.1) is 0 Å². The van der Waals surface area contributed by atoms with E-state index in [1.165, 1.54) is 30.3 Å². The number of nitrogens with zero attached hydrogens (tertiary/aromatic N) is 1. The number of anilines is 3. The van der Waals surface area contributed by atoms with Crippen molar-refractivity contribution in [2.24, 2.45) is 0 Å². The molecule has 0 saturated heterocycles. The zero-order valence-electron chi connectivity index (χ0n) is 29.8. The average molecular weight is 792 g/mol. The monoisotopic (exact) mass is 791 g/mol. The van der Waals surface area contributed by atoms with Crippen molar-refractivity contribution in [1.29, 1.82) is 0 Å². The standard InChI is InChI=1S/C45H27F6NO6/c46-43(47)53-37-24-15-31(26-40(37)56-43)6-4-28-9-18-34(19-10-28)52(35-20-11-29(12-21-35)5-7-32-16-25-38-41(27-32)57-44(48,49)54-38)36-22-13-30(14-23-36)8-17-33-2-1-3-39-42(33)58-45(50,51)55-39/h1-27H/b6-4+,7-5+,17-8+. The first kappa shape index (κ1) is 36.4. The predicted molar refractivity (Wildman–Crippen MR) is 206 cm³/mol. The highest BCUT2D eigenvalue weighted by molar-refractivity contribution is 5.81. The minimum absolute atomic E-state index is 0.0319. The Labute approximate surface area is 326 Å². The Morgan fingerprint density at radius 2 is 0.707 bits per heavy atom. The Morgan fingerprint density at radius 3 is 1.17 bits per heavy atom. The van der Waals surface area contributed by atoms with Gasteiger partial charge in [0, 0.05) is 22.6 Å². The molecule has 0 radical (unpaired) electrons. The van der Waals surface area contributed by atoms with Crippen molar-refractivity contribution in [3.63, 3.8) is 0 Å². The van der Waals surface area contributed by atoms with E-state index in [1.807, 2.05) is 89.8 Å². The van der Waals surface area contributed by atoms with Crippen LogP contribution < -0.4 is 33.3 Å². The third-order valence-electron chi connectivity index (χ3n) is 9.16. The van der Waals surface area contributed by atoms with E-state index in [0.29, 0.717) is 16.7 Å². The van der Waals surface area contributed by atoms with E-state index < -0.39 is 18.9 Å². The fourth-order valence-corrected chi connectivity index (χ4v) is 6.48. The van der Waals surface area contributed by atoms with Gasteiger partial charge in [0.2, 0.25) is 0 Å². The van der Waals surface area contributed by atoms with Gasteiger partial charge in [-0.2, -0.15) is 0 Å². The SMILES string of the molecule is FC1(F)Oc2ccc(/C=C/c3ccc(N(c4ccc(/C=C/c5ccc6c(c5)OC(F)(F)O6)cc4)c4ccc(/C=C/c5cccc6c5OC(F)(F)O6)cc4)cc3)cc2O1. The number of ether oxygens (including phenoxy) is 6. The van der Waals surface area contributed by atoms with Crippen molar-refractivity contribution in [2.75, 3.05) is 4.90 Å². The summed E-state index contributed by atoms with van der Waals surface area (Å²) >= 11 is 0. The molecular formula is C45H27F6NO6. The van der Waals surface area contributed by atoms with E-state index in [1.54, 1.807) is 48.6 Å². The zero-order chi connectivity index (χ0) is 40.1. The van der Waals surface area contributed by atoms with Gasteiger partial charge in [0.1, 0.15) is 0 Å². The topological polar surface area (TPSA) is 58.6 Å². The first-order chi connectivity index (χ1) is 27.8. The average Bonchev–Trinajstić information content (AvgIpc) is 3.82. The smallest absolute Gasteiger partial charge is 0.395 e. The van der Waals surface area contributed by atoms with Crippen LogP contribution in [-0.4, -0.2) is 18.9 Å². The predicted octanol–water partition coefficient (Wildman–Crippen LogP) is 12.6. The molecule has 0 unspecified atom stereocenters. The maximum Gasteiger partial charge on any atom is 0.586 e. The van der Waals surface area contributed by atoms with Crippen LogP contribution in [0.2, 0.25) is 0 Å². The zero-order valence-corrected chi connectivity index (χ0v) is 29.8. The summed E-state index contributed by atoms with van der Waals surface area (Å²) in [6, 6.07) is 36.9. The lowest BCUT2D eigenvalue weighted by Gasteiger charge is -2.26. The van der Waals surface area contributed by atoms with Gasteiger partial charge in [0.25, 0.3) is 0 Å². The van der Waals surface area contributed by atoms with Crippen molar-refractivity contribution >= 4 is 53.5 Å². The highest BCUT2D eigenvalue weighted by Crippen LogP contribution is 2.45. The Kier molecular flexibility index (Phi) is 8.80. The van der Waals surface area contributed by atoms with Crippen LogP contribution in [0.15, 0.2) is 127 Å². The minimum Gasteiger partial charge on any atom is -0.395 e. The number of halogens is 6. The lowest BCUT2D eigenvalue weighted by Crippen LogP contribution is -2.26. The second-order valence-corrected chi connectivity index (χ2v) is 13.2. The van der Waals surface area contributed by atoms with Crippen LogP contribution in [0, 0.1) is 0 Å². The quantitative estimate of drug-likeness (QED) is 0.107. The molecule has 0 aromatic heterocycles. The van der Waals surface area contributed by atoms with Gasteiger partial charge >= 0.3 is 18.9 Å². The van der Waals surface area contributed by atoms with Crippen LogP contribution in [0.3, 0.4) is 0 Å². The van der Waals surface area contributed by atoms with E-state index >= 15 is 0 Å². The van der Waals surface area contributed by atoms with Crippen LogP contribution in [0.4, 0.5) is 43.4 Å². The summed E-state index contributed by atoms with van der Waals surface area (Å²) < 4.78 is 109. The highest BCUT2D eigenvalue weighted by atomic mass is 19.3. The van der Waals surface area contributed by atoms with Gasteiger partial charge in [-0.3, -0.25) is 0 Å². The Bertz CT molecular complexity index is 2490. The molecule has 3 aliphatic rings. The first-order valence-electron chi connectivity index (χ1n) is 17.7. The molecule has 13 heteroatoms. The van der Waals surface area contributed by atoms with E-state index in [2.05, 4.69) is 23.7 Å². The summed E-state index contributed by atoms with van der Waals surface area (Å²) in [4.78, 5) is 2.04. The fraction of sp³-hybridized carbons (Fsp3) is 0.0667. The van der Waals surface area contributed by atoms with Crippen molar-refractivity contribution in [1.82, 2.24) is 0 Å². The molecule has 0 aliphatic carbocycles. The largest absolute Gasteiger partial charge is 0.586 e. The summed E-state index contributed by atoms with van der Waals surface area (Å²) in [5, 5.41) is 0. The van der Waals surface area contributed by atoms with E-state index in [9.17, 15) is 26.3 Å². The third kappa shape index (κ3) is 7.74. The van der Waals surface area contributed by atoms with E-state index in [4.69, 9.17) is 4.74 Å². The third-order valence-corrected chi connectivity index (χ3v) is 9.16. The van der Waals surface area contributed by atoms with Gasteiger partial charge in [0.15, 0.2) is 34.5 Å². The summed E-state index contributed by atoms with van der Waals surface area (Å²) in [5.74, 6) is -0.228. The molecule has 7 nitrogen and oxygen atoms in total. The van der Waals surface area contributed by atoms with Gasteiger partial charge in [-0.05, 0) is 94.5 Å². The van der Waals surface area contributed by atoms with Gasteiger partial charge < -0.3 is 33.3 Å². The molecule has 58 heavy (non-hydrogen) atoms. The van der Waals surface area contributed by atoms with E-state index in [0.717, 1.165) is 33.8 Å². The number of rotatable bonds is 9. The molecule has 0 saturated carbocycles. The second kappa shape index (κ2) is 14.0. The molecule has 0 amide bonds. The summed E-state index contributed by atoms with van der Waals surface area (Å²) in [5.41, 5.74) is 6.67. The summed E-state index contributed by atoms with van der Waals surface area (Å²) in [6.45, 7) is 0. The van der Waals surface area contributed by atoms with E-state index in [-0.39, 0.29) is 34.5 Å². The van der Waals surface area contributed by atoms with Gasteiger partial charge in [-0.25, -0.2) is 0 Å². The molecule has 0 bridgehead atoms. The molecule has 290 valence electrons.